The average Bonchev–Trinajstić information content (AvgIpc) is 2.53. The van der Waals surface area contributed by atoms with Gasteiger partial charge in [-0.1, -0.05) is 18.2 Å². The smallest absolute Gasteiger partial charge is 0.348 e. The highest BCUT2D eigenvalue weighted by atomic mass is 16.6. The van der Waals surface area contributed by atoms with E-state index in [4.69, 9.17) is 9.47 Å². The van der Waals surface area contributed by atoms with Crippen LogP contribution in [0.4, 0.5) is 0 Å². The molecule has 0 aromatic heterocycles. The Hall–Kier alpha value is -1.84. The monoisotopic (exact) mass is 234 g/mol. The molecule has 1 fully saturated rings. The second-order valence-electron chi connectivity index (χ2n) is 4.64. The molecular formula is C13H14O4. The summed E-state index contributed by atoms with van der Waals surface area (Å²) in [5.41, 5.74) is -0.122. The summed E-state index contributed by atoms with van der Waals surface area (Å²) in [5, 5.41) is 0. The molecule has 0 aliphatic carbocycles. The number of esters is 2. The van der Waals surface area contributed by atoms with Gasteiger partial charge in [-0.2, -0.15) is 0 Å². The Kier molecular flexibility index (Phi) is 2.88. The zero-order valence-electron chi connectivity index (χ0n) is 9.80. The van der Waals surface area contributed by atoms with Crippen LogP contribution in [-0.4, -0.2) is 23.6 Å². The molecule has 1 saturated heterocycles. The van der Waals surface area contributed by atoms with Crippen LogP contribution in [0.5, 0.6) is 0 Å². The van der Waals surface area contributed by atoms with Crippen molar-refractivity contribution in [2.45, 2.75) is 32.0 Å². The second-order valence-corrected chi connectivity index (χ2v) is 4.64. The normalized spacial score (nSPS) is 22.0. The molecule has 4 heteroatoms. The van der Waals surface area contributed by atoms with Crippen LogP contribution in [0.15, 0.2) is 30.3 Å². The molecule has 1 atom stereocenters. The zero-order chi connectivity index (χ0) is 12.5. The fourth-order valence-electron chi connectivity index (χ4n) is 1.77. The van der Waals surface area contributed by atoms with Gasteiger partial charge in [-0.25, -0.2) is 9.59 Å². The average molecular weight is 234 g/mol. The predicted molar refractivity (Wildman–Crippen MR) is 60.4 cm³/mol. The molecule has 17 heavy (non-hydrogen) atoms. The lowest BCUT2D eigenvalue weighted by molar-refractivity contribution is -0.151. The Morgan fingerprint density at radius 1 is 1.35 bits per heavy atom. The Morgan fingerprint density at radius 2 is 2.00 bits per heavy atom. The topological polar surface area (TPSA) is 52.6 Å². The third-order valence-corrected chi connectivity index (χ3v) is 2.58. The van der Waals surface area contributed by atoms with Gasteiger partial charge < -0.3 is 9.47 Å². The first kappa shape index (κ1) is 11.6. The molecule has 1 aromatic rings. The Labute approximate surface area is 99.5 Å². The molecule has 0 amide bonds. The van der Waals surface area contributed by atoms with Gasteiger partial charge in [0.1, 0.15) is 5.60 Å². The number of carbonyl (C=O) groups is 2. The standard InChI is InChI=1S/C13H14O4/c1-13(2)8-10(12(15)17-13)16-11(14)9-6-4-3-5-7-9/h3-7,10H,8H2,1-2H3/t10-/m0/s1. The lowest BCUT2D eigenvalue weighted by atomic mass is 10.0. The number of benzene rings is 1. The van der Waals surface area contributed by atoms with Crippen molar-refractivity contribution in [3.63, 3.8) is 0 Å². The van der Waals surface area contributed by atoms with E-state index in [0.29, 0.717) is 12.0 Å². The van der Waals surface area contributed by atoms with E-state index in [0.717, 1.165) is 0 Å². The molecule has 0 saturated carbocycles. The van der Waals surface area contributed by atoms with Crippen LogP contribution >= 0.6 is 0 Å². The van der Waals surface area contributed by atoms with Gasteiger partial charge in [0.2, 0.25) is 6.10 Å². The molecule has 0 N–H and O–H groups in total. The number of hydrogen-bond acceptors (Lipinski definition) is 4. The van der Waals surface area contributed by atoms with Gasteiger partial charge in [0, 0.05) is 6.42 Å². The van der Waals surface area contributed by atoms with Gasteiger partial charge in [0.25, 0.3) is 0 Å². The molecule has 4 nitrogen and oxygen atoms in total. The Bertz CT molecular complexity index is 436. The summed E-state index contributed by atoms with van der Waals surface area (Å²) < 4.78 is 10.2. The highest BCUT2D eigenvalue weighted by Crippen LogP contribution is 2.28. The SMILES string of the molecule is CC1(C)C[C@H](OC(=O)c2ccccc2)C(=O)O1. The van der Waals surface area contributed by atoms with Gasteiger partial charge in [0.05, 0.1) is 5.56 Å². The maximum Gasteiger partial charge on any atom is 0.348 e. The van der Waals surface area contributed by atoms with Gasteiger partial charge >= 0.3 is 11.9 Å². The van der Waals surface area contributed by atoms with Gasteiger partial charge in [0.15, 0.2) is 0 Å². The van der Waals surface area contributed by atoms with Crippen molar-refractivity contribution in [1.82, 2.24) is 0 Å². The van der Waals surface area contributed by atoms with E-state index < -0.39 is 23.6 Å². The lowest BCUT2D eigenvalue weighted by Crippen LogP contribution is -2.23. The molecule has 1 aliphatic heterocycles. The molecule has 1 heterocycles. The molecule has 1 aliphatic rings. The van der Waals surface area contributed by atoms with Gasteiger partial charge in [-0.05, 0) is 26.0 Å². The molecule has 0 unspecified atom stereocenters. The van der Waals surface area contributed by atoms with E-state index >= 15 is 0 Å². The van der Waals surface area contributed by atoms with E-state index in [9.17, 15) is 9.59 Å². The van der Waals surface area contributed by atoms with Crippen LogP contribution < -0.4 is 0 Å². The highest BCUT2D eigenvalue weighted by Gasteiger charge is 2.42. The van der Waals surface area contributed by atoms with Gasteiger partial charge in [-0.15, -0.1) is 0 Å². The van der Waals surface area contributed by atoms with E-state index in [1.165, 1.54) is 0 Å². The first-order chi connectivity index (χ1) is 7.98. The molecule has 0 spiro atoms. The number of hydrogen-bond donors (Lipinski definition) is 0. The fourth-order valence-corrected chi connectivity index (χ4v) is 1.77. The highest BCUT2D eigenvalue weighted by molar-refractivity contribution is 5.91. The van der Waals surface area contributed by atoms with Crippen LogP contribution in [-0.2, 0) is 14.3 Å². The maximum atomic E-state index is 11.7. The summed E-state index contributed by atoms with van der Waals surface area (Å²) in [4.78, 5) is 23.2. The summed E-state index contributed by atoms with van der Waals surface area (Å²) in [6.45, 7) is 3.59. The summed E-state index contributed by atoms with van der Waals surface area (Å²) in [7, 11) is 0. The second kappa shape index (κ2) is 4.20. The summed E-state index contributed by atoms with van der Waals surface area (Å²) in [6.07, 6.45) is -0.401. The molecule has 90 valence electrons. The molecule has 1 aromatic carbocycles. The summed E-state index contributed by atoms with van der Waals surface area (Å²) in [6, 6.07) is 8.59. The largest absolute Gasteiger partial charge is 0.457 e. The van der Waals surface area contributed by atoms with Crippen LogP contribution in [0.2, 0.25) is 0 Å². The summed E-state index contributed by atoms with van der Waals surface area (Å²) in [5.74, 6) is -0.968. The summed E-state index contributed by atoms with van der Waals surface area (Å²) >= 11 is 0. The third-order valence-electron chi connectivity index (χ3n) is 2.58. The first-order valence-electron chi connectivity index (χ1n) is 5.47. The van der Waals surface area contributed by atoms with Crippen LogP contribution in [0.1, 0.15) is 30.6 Å². The molecular weight excluding hydrogens is 220 g/mol. The Morgan fingerprint density at radius 3 is 2.53 bits per heavy atom. The van der Waals surface area contributed by atoms with Crippen LogP contribution in [0.3, 0.4) is 0 Å². The third kappa shape index (κ3) is 2.64. The van der Waals surface area contributed by atoms with Crippen LogP contribution in [0.25, 0.3) is 0 Å². The van der Waals surface area contributed by atoms with Crippen molar-refractivity contribution in [2.24, 2.45) is 0 Å². The minimum Gasteiger partial charge on any atom is -0.457 e. The first-order valence-corrected chi connectivity index (χ1v) is 5.47. The number of carbonyl (C=O) groups excluding carboxylic acids is 2. The number of cyclic esters (lactones) is 1. The maximum absolute atomic E-state index is 11.7. The van der Waals surface area contributed by atoms with Crippen molar-refractivity contribution in [1.29, 1.82) is 0 Å². The van der Waals surface area contributed by atoms with Crippen molar-refractivity contribution >= 4 is 11.9 Å². The van der Waals surface area contributed by atoms with Gasteiger partial charge in [-0.3, -0.25) is 0 Å². The number of rotatable bonds is 2. The van der Waals surface area contributed by atoms with Crippen molar-refractivity contribution in [3.8, 4) is 0 Å². The van der Waals surface area contributed by atoms with E-state index in [2.05, 4.69) is 0 Å². The minimum absolute atomic E-state index is 0.393. The van der Waals surface area contributed by atoms with E-state index in [1.54, 1.807) is 38.1 Å². The molecule has 0 bridgehead atoms. The van der Waals surface area contributed by atoms with E-state index in [-0.39, 0.29) is 0 Å². The molecule has 2 rings (SSSR count). The molecule has 0 radical (unpaired) electrons. The zero-order valence-corrected chi connectivity index (χ0v) is 9.80. The predicted octanol–water partition coefficient (Wildman–Crippen LogP) is 1.94. The minimum atomic E-state index is -0.794. The lowest BCUT2D eigenvalue weighted by Gasteiger charge is -2.14. The fraction of sp³-hybridized carbons (Fsp3) is 0.385. The number of ether oxygens (including phenoxy) is 2. The van der Waals surface area contributed by atoms with E-state index in [1.807, 2.05) is 6.07 Å². The quantitative estimate of drug-likeness (QED) is 0.734. The Balaban J connectivity index is 2.03. The van der Waals surface area contributed by atoms with Crippen molar-refractivity contribution in [3.05, 3.63) is 35.9 Å². The van der Waals surface area contributed by atoms with Crippen molar-refractivity contribution in [2.75, 3.05) is 0 Å². The van der Waals surface area contributed by atoms with Crippen molar-refractivity contribution < 1.29 is 19.1 Å². The van der Waals surface area contributed by atoms with Crippen LogP contribution in [0, 0.1) is 0 Å².